The van der Waals surface area contributed by atoms with Gasteiger partial charge in [0.2, 0.25) is 0 Å². The number of nitrogens with one attached hydrogen (secondary N) is 2. The van der Waals surface area contributed by atoms with Crippen LogP contribution in [0.2, 0.25) is 0 Å². The van der Waals surface area contributed by atoms with E-state index in [1.54, 1.807) is 6.07 Å². The van der Waals surface area contributed by atoms with E-state index in [-0.39, 0.29) is 11.0 Å². The van der Waals surface area contributed by atoms with Crippen LogP contribution in [0.1, 0.15) is 15.9 Å². The Morgan fingerprint density at radius 1 is 0.933 bits per heavy atom. The molecule has 0 bridgehead atoms. The molecule has 0 spiro atoms. The minimum absolute atomic E-state index is 0.237. The first-order valence-corrected chi connectivity index (χ1v) is 10.8. The molecule has 154 valence electrons. The van der Waals surface area contributed by atoms with Gasteiger partial charge in [-0.2, -0.15) is 0 Å². The number of carbonyl (C=O) groups excluding carboxylic acids is 1. The summed E-state index contributed by atoms with van der Waals surface area (Å²) in [6.07, 6.45) is 0. The molecule has 0 atom stereocenters. The van der Waals surface area contributed by atoms with Gasteiger partial charge in [-0.25, -0.2) is 0 Å². The van der Waals surface area contributed by atoms with Gasteiger partial charge in [-0.1, -0.05) is 24.3 Å². The number of hydrogen-bond donors (Lipinski definition) is 2. The average Bonchev–Trinajstić information content (AvgIpc) is 2.75. The van der Waals surface area contributed by atoms with E-state index >= 15 is 0 Å². The van der Waals surface area contributed by atoms with Gasteiger partial charge in [-0.3, -0.25) is 10.1 Å². The van der Waals surface area contributed by atoms with Crippen LogP contribution in [-0.2, 0) is 0 Å². The van der Waals surface area contributed by atoms with Crippen molar-refractivity contribution >= 4 is 51.5 Å². The molecule has 30 heavy (non-hydrogen) atoms. The van der Waals surface area contributed by atoms with Crippen molar-refractivity contribution in [3.63, 3.8) is 0 Å². The molecule has 1 amide bonds. The zero-order chi connectivity index (χ0) is 21.3. The lowest BCUT2D eigenvalue weighted by Crippen LogP contribution is -2.34. The average molecular weight is 532 g/mol. The fourth-order valence-corrected chi connectivity index (χ4v) is 3.27. The van der Waals surface area contributed by atoms with Gasteiger partial charge < -0.3 is 14.8 Å². The van der Waals surface area contributed by atoms with Crippen molar-refractivity contribution in [3.8, 4) is 11.5 Å². The van der Waals surface area contributed by atoms with Crippen molar-refractivity contribution in [2.24, 2.45) is 0 Å². The Morgan fingerprint density at radius 3 is 2.20 bits per heavy atom. The molecule has 0 saturated carbocycles. The van der Waals surface area contributed by atoms with Crippen LogP contribution in [0, 0.1) is 10.5 Å². The quantitative estimate of drug-likeness (QED) is 0.250. The summed E-state index contributed by atoms with van der Waals surface area (Å²) in [7, 11) is 0. The van der Waals surface area contributed by atoms with Gasteiger partial charge in [0.1, 0.15) is 24.7 Å². The number of amides is 1. The van der Waals surface area contributed by atoms with E-state index in [1.807, 2.05) is 73.7 Å². The number of carbonyl (C=O) groups is 1. The number of ether oxygens (including phenoxy) is 2. The van der Waals surface area contributed by atoms with Crippen molar-refractivity contribution in [2.45, 2.75) is 6.92 Å². The zero-order valence-corrected chi connectivity index (χ0v) is 19.3. The summed E-state index contributed by atoms with van der Waals surface area (Å²) >= 11 is 7.45. The number of halogens is 1. The second kappa shape index (κ2) is 10.9. The van der Waals surface area contributed by atoms with Gasteiger partial charge in [0.05, 0.1) is 0 Å². The van der Waals surface area contributed by atoms with Crippen molar-refractivity contribution in [1.29, 1.82) is 0 Å². The number of rotatable bonds is 7. The highest BCUT2D eigenvalue weighted by Crippen LogP contribution is 2.16. The molecule has 0 aliphatic heterocycles. The molecule has 0 fully saturated rings. The van der Waals surface area contributed by atoms with E-state index in [0.29, 0.717) is 18.8 Å². The summed E-state index contributed by atoms with van der Waals surface area (Å²) in [5.74, 6) is 1.29. The summed E-state index contributed by atoms with van der Waals surface area (Å²) in [6, 6.07) is 22.5. The van der Waals surface area contributed by atoms with Crippen LogP contribution in [0.5, 0.6) is 11.5 Å². The van der Waals surface area contributed by atoms with Gasteiger partial charge in [0, 0.05) is 14.8 Å². The Hall–Kier alpha value is -2.65. The number of anilines is 1. The molecule has 2 N–H and O–H groups in total. The third-order valence-corrected chi connectivity index (χ3v) is 5.50. The van der Waals surface area contributed by atoms with Gasteiger partial charge >= 0.3 is 0 Å². The summed E-state index contributed by atoms with van der Waals surface area (Å²) in [4.78, 5) is 12.3. The van der Waals surface area contributed by atoms with Crippen LogP contribution in [0.3, 0.4) is 0 Å². The van der Waals surface area contributed by atoms with Crippen LogP contribution in [-0.4, -0.2) is 24.2 Å². The fraction of sp³-hybridized carbons (Fsp3) is 0.130. The van der Waals surface area contributed by atoms with Crippen molar-refractivity contribution in [3.05, 3.63) is 87.5 Å². The first-order chi connectivity index (χ1) is 14.5. The highest BCUT2D eigenvalue weighted by atomic mass is 127. The summed E-state index contributed by atoms with van der Waals surface area (Å²) in [5, 5.41) is 5.93. The Kier molecular flexibility index (Phi) is 8.04. The van der Waals surface area contributed by atoms with Gasteiger partial charge in [0.15, 0.2) is 5.11 Å². The number of para-hydroxylation sites is 1. The van der Waals surface area contributed by atoms with E-state index in [9.17, 15) is 4.79 Å². The predicted molar refractivity (Wildman–Crippen MR) is 131 cm³/mol. The molecule has 0 unspecified atom stereocenters. The van der Waals surface area contributed by atoms with E-state index in [2.05, 4.69) is 33.2 Å². The van der Waals surface area contributed by atoms with Gasteiger partial charge in [0.25, 0.3) is 5.91 Å². The van der Waals surface area contributed by atoms with Crippen LogP contribution < -0.4 is 20.1 Å². The number of aryl methyl sites for hydroxylation is 1. The Labute approximate surface area is 194 Å². The number of thiocarbonyl (C=S) groups is 1. The van der Waals surface area contributed by atoms with Crippen LogP contribution in [0.4, 0.5) is 5.69 Å². The lowest BCUT2D eigenvalue weighted by atomic mass is 10.1. The monoisotopic (exact) mass is 532 g/mol. The van der Waals surface area contributed by atoms with Crippen LogP contribution >= 0.6 is 34.8 Å². The smallest absolute Gasteiger partial charge is 0.257 e. The van der Waals surface area contributed by atoms with E-state index in [0.717, 1.165) is 26.3 Å². The first kappa shape index (κ1) is 22.0. The van der Waals surface area contributed by atoms with E-state index in [1.165, 1.54) is 0 Å². The molecular formula is C23H21IN2O3S. The Morgan fingerprint density at radius 2 is 1.57 bits per heavy atom. The van der Waals surface area contributed by atoms with Gasteiger partial charge in [-0.05, 0) is 95.8 Å². The first-order valence-electron chi connectivity index (χ1n) is 9.30. The Balaban J connectivity index is 1.43. The lowest BCUT2D eigenvalue weighted by Gasteiger charge is -2.11. The highest BCUT2D eigenvalue weighted by Gasteiger charge is 2.09. The minimum Gasteiger partial charge on any atom is -0.490 e. The largest absolute Gasteiger partial charge is 0.490 e. The summed E-state index contributed by atoms with van der Waals surface area (Å²) in [6.45, 7) is 2.89. The molecule has 0 heterocycles. The number of hydrogen-bond acceptors (Lipinski definition) is 4. The number of benzene rings is 3. The molecule has 7 heteroatoms. The van der Waals surface area contributed by atoms with Crippen LogP contribution in [0.15, 0.2) is 72.8 Å². The third kappa shape index (κ3) is 6.70. The van der Waals surface area contributed by atoms with E-state index in [4.69, 9.17) is 21.7 Å². The van der Waals surface area contributed by atoms with E-state index < -0.39 is 0 Å². The normalized spacial score (nSPS) is 10.2. The van der Waals surface area contributed by atoms with Gasteiger partial charge in [-0.15, -0.1) is 0 Å². The predicted octanol–water partition coefficient (Wildman–Crippen LogP) is 5.18. The minimum atomic E-state index is -0.246. The molecular weight excluding hydrogens is 511 g/mol. The molecule has 0 aromatic heterocycles. The van der Waals surface area contributed by atoms with Crippen LogP contribution in [0.25, 0.3) is 0 Å². The maximum Gasteiger partial charge on any atom is 0.257 e. The summed E-state index contributed by atoms with van der Waals surface area (Å²) in [5.41, 5.74) is 2.45. The summed E-state index contributed by atoms with van der Waals surface area (Å²) < 4.78 is 12.3. The standard InChI is InChI=1S/C23H21IN2O3S/c1-16-7-8-17(15-21(16)24)22(27)26-23(30)25-18-9-11-20(12-10-18)29-14-13-28-19-5-3-2-4-6-19/h2-12,15H,13-14H2,1H3,(H2,25,26,27,30). The Bertz CT molecular complexity index is 1010. The molecule has 0 aliphatic rings. The lowest BCUT2D eigenvalue weighted by molar-refractivity contribution is 0.0977. The van der Waals surface area contributed by atoms with Crippen molar-refractivity contribution < 1.29 is 14.3 Å². The second-order valence-electron chi connectivity index (χ2n) is 6.41. The highest BCUT2D eigenvalue weighted by molar-refractivity contribution is 14.1. The van der Waals surface area contributed by atoms with Crippen molar-refractivity contribution in [1.82, 2.24) is 5.32 Å². The maximum absolute atomic E-state index is 12.3. The zero-order valence-electron chi connectivity index (χ0n) is 16.4. The molecule has 3 aromatic rings. The SMILES string of the molecule is Cc1ccc(C(=O)NC(=S)Nc2ccc(OCCOc3ccccc3)cc2)cc1I. The maximum atomic E-state index is 12.3. The fourth-order valence-electron chi connectivity index (χ4n) is 2.54. The third-order valence-electron chi connectivity index (χ3n) is 4.14. The molecule has 0 saturated heterocycles. The molecule has 0 aliphatic carbocycles. The second-order valence-corrected chi connectivity index (χ2v) is 7.98. The molecule has 3 aromatic carbocycles. The molecule has 5 nitrogen and oxygen atoms in total. The topological polar surface area (TPSA) is 59.6 Å². The van der Waals surface area contributed by atoms with Crippen molar-refractivity contribution in [2.75, 3.05) is 18.5 Å². The molecule has 3 rings (SSSR count). The molecule has 0 radical (unpaired) electrons.